The zero-order valence-electron chi connectivity index (χ0n) is 8.59. The van der Waals surface area contributed by atoms with E-state index in [4.69, 9.17) is 0 Å². The van der Waals surface area contributed by atoms with Crippen LogP contribution in [-0.2, 0) is 14.3 Å². The first-order valence-corrected chi connectivity index (χ1v) is 4.16. The van der Waals surface area contributed by atoms with Gasteiger partial charge in [0.15, 0.2) is 5.60 Å². The van der Waals surface area contributed by atoms with Crippen molar-refractivity contribution in [3.05, 3.63) is 0 Å². The molecule has 0 aromatic rings. The van der Waals surface area contributed by atoms with Gasteiger partial charge in [-0.1, -0.05) is 0 Å². The fourth-order valence-electron chi connectivity index (χ4n) is 0.800. The van der Waals surface area contributed by atoms with Crippen LogP contribution in [0.2, 0.25) is 0 Å². The topological polar surface area (TPSA) is 87.7 Å². The zero-order valence-corrected chi connectivity index (χ0v) is 8.59. The maximum absolute atomic E-state index is 11.0. The highest BCUT2D eigenvalue weighted by Gasteiger charge is 2.30. The van der Waals surface area contributed by atoms with Gasteiger partial charge in [-0.3, -0.25) is 4.79 Å². The maximum Gasteiger partial charge on any atom is 0.338 e. The van der Waals surface area contributed by atoms with Crippen LogP contribution in [0.1, 0.15) is 6.92 Å². The molecule has 0 saturated heterocycles. The lowest BCUT2D eigenvalue weighted by Gasteiger charge is -2.20. The number of hydrogen-bond acceptors (Lipinski definition) is 5. The van der Waals surface area contributed by atoms with Gasteiger partial charge in [0.2, 0.25) is 5.91 Å². The van der Waals surface area contributed by atoms with Crippen LogP contribution in [-0.4, -0.2) is 49.8 Å². The number of aliphatic hydroxyl groups is 1. The van der Waals surface area contributed by atoms with Crippen molar-refractivity contribution >= 4 is 11.9 Å². The van der Waals surface area contributed by atoms with Gasteiger partial charge >= 0.3 is 5.97 Å². The zero-order chi connectivity index (χ0) is 11.2. The van der Waals surface area contributed by atoms with Gasteiger partial charge in [0.25, 0.3) is 0 Å². The Hall–Kier alpha value is -1.14. The number of hydrogen-bond donors (Lipinski definition) is 3. The number of methoxy groups -OCH3 is 1. The molecule has 1 unspecified atom stereocenters. The largest absolute Gasteiger partial charge is 0.467 e. The van der Waals surface area contributed by atoms with E-state index in [1.165, 1.54) is 21.1 Å². The van der Waals surface area contributed by atoms with Gasteiger partial charge in [-0.05, 0) is 6.92 Å². The molecule has 0 aliphatic heterocycles. The number of amides is 1. The van der Waals surface area contributed by atoms with Crippen molar-refractivity contribution in [2.45, 2.75) is 12.5 Å². The van der Waals surface area contributed by atoms with Crippen LogP contribution in [0.5, 0.6) is 0 Å². The van der Waals surface area contributed by atoms with Crippen LogP contribution in [0, 0.1) is 0 Å². The molecule has 0 aliphatic rings. The average Bonchev–Trinajstić information content (AvgIpc) is 2.15. The highest BCUT2D eigenvalue weighted by molar-refractivity contribution is 5.79. The van der Waals surface area contributed by atoms with Gasteiger partial charge < -0.3 is 20.5 Å². The number of carbonyl (C=O) groups is 2. The Balaban J connectivity index is 3.88. The van der Waals surface area contributed by atoms with E-state index in [1.807, 2.05) is 0 Å². The summed E-state index contributed by atoms with van der Waals surface area (Å²) in [4.78, 5) is 21.7. The van der Waals surface area contributed by atoms with Crippen molar-refractivity contribution in [1.29, 1.82) is 0 Å². The molecule has 0 heterocycles. The molecule has 0 radical (unpaired) electrons. The van der Waals surface area contributed by atoms with E-state index < -0.39 is 11.6 Å². The number of ether oxygens (including phenoxy) is 1. The van der Waals surface area contributed by atoms with Gasteiger partial charge in [0, 0.05) is 13.6 Å². The lowest BCUT2D eigenvalue weighted by molar-refractivity contribution is -0.160. The second kappa shape index (κ2) is 5.56. The molecule has 0 saturated carbocycles. The molecule has 6 heteroatoms. The molecule has 3 N–H and O–H groups in total. The Labute approximate surface area is 82.6 Å². The smallest absolute Gasteiger partial charge is 0.338 e. The van der Waals surface area contributed by atoms with Crippen molar-refractivity contribution in [2.75, 3.05) is 27.2 Å². The number of nitrogens with one attached hydrogen (secondary N) is 2. The number of esters is 1. The summed E-state index contributed by atoms with van der Waals surface area (Å²) < 4.78 is 4.37. The van der Waals surface area contributed by atoms with E-state index in [9.17, 15) is 14.7 Å². The lowest BCUT2D eigenvalue weighted by atomic mass is 10.1. The normalized spacial score (nSPS) is 14.3. The molecular formula is C8H16N2O4. The van der Waals surface area contributed by atoms with E-state index in [2.05, 4.69) is 15.4 Å². The van der Waals surface area contributed by atoms with E-state index in [-0.39, 0.29) is 19.0 Å². The van der Waals surface area contributed by atoms with E-state index in [1.54, 1.807) is 0 Å². The van der Waals surface area contributed by atoms with Crippen LogP contribution in [0.4, 0.5) is 0 Å². The molecule has 0 aromatic heterocycles. The van der Waals surface area contributed by atoms with Crippen molar-refractivity contribution in [3.63, 3.8) is 0 Å². The minimum Gasteiger partial charge on any atom is -0.467 e. The summed E-state index contributed by atoms with van der Waals surface area (Å²) in [6.07, 6.45) is 0. The highest BCUT2D eigenvalue weighted by Crippen LogP contribution is 2.02. The number of likely N-dealkylation sites (N-methyl/N-ethyl adjacent to an activating group) is 1. The second-order valence-electron chi connectivity index (χ2n) is 3.04. The molecule has 0 rings (SSSR count). The molecule has 1 atom stereocenters. The number of carbonyl (C=O) groups excluding carboxylic acids is 2. The third kappa shape index (κ3) is 4.20. The number of rotatable bonds is 5. The SMILES string of the molecule is CNC(=O)CNCC(C)(O)C(=O)OC. The molecule has 0 bridgehead atoms. The van der Waals surface area contributed by atoms with Gasteiger partial charge in [-0.25, -0.2) is 4.79 Å². The first kappa shape index (κ1) is 12.9. The fourth-order valence-corrected chi connectivity index (χ4v) is 0.800. The molecule has 0 fully saturated rings. The minimum atomic E-state index is -1.61. The molecule has 14 heavy (non-hydrogen) atoms. The Kier molecular flexibility index (Phi) is 5.11. The molecule has 1 amide bonds. The highest BCUT2D eigenvalue weighted by atomic mass is 16.5. The molecular weight excluding hydrogens is 188 g/mol. The summed E-state index contributed by atoms with van der Waals surface area (Å²) in [5, 5.41) is 14.5. The van der Waals surface area contributed by atoms with Gasteiger partial charge in [0.05, 0.1) is 13.7 Å². The quantitative estimate of drug-likeness (QED) is 0.462. The Morgan fingerprint density at radius 1 is 1.50 bits per heavy atom. The molecule has 82 valence electrons. The van der Waals surface area contributed by atoms with Gasteiger partial charge in [0.1, 0.15) is 0 Å². The van der Waals surface area contributed by atoms with Crippen LogP contribution < -0.4 is 10.6 Å². The Morgan fingerprint density at radius 3 is 2.50 bits per heavy atom. The third-order valence-corrected chi connectivity index (χ3v) is 1.66. The fraction of sp³-hybridized carbons (Fsp3) is 0.750. The maximum atomic E-state index is 11.0. The van der Waals surface area contributed by atoms with Crippen LogP contribution in [0.3, 0.4) is 0 Å². The van der Waals surface area contributed by atoms with Crippen LogP contribution >= 0.6 is 0 Å². The van der Waals surface area contributed by atoms with Gasteiger partial charge in [-0.15, -0.1) is 0 Å². The first-order chi connectivity index (χ1) is 6.44. The van der Waals surface area contributed by atoms with Gasteiger partial charge in [-0.2, -0.15) is 0 Å². The van der Waals surface area contributed by atoms with Crippen molar-refractivity contribution in [1.82, 2.24) is 10.6 Å². The molecule has 6 nitrogen and oxygen atoms in total. The second-order valence-corrected chi connectivity index (χ2v) is 3.04. The first-order valence-electron chi connectivity index (χ1n) is 4.16. The van der Waals surface area contributed by atoms with Crippen molar-refractivity contribution < 1.29 is 19.4 Å². The predicted molar refractivity (Wildman–Crippen MR) is 49.6 cm³/mol. The molecule has 0 aromatic carbocycles. The lowest BCUT2D eigenvalue weighted by Crippen LogP contribution is -2.47. The molecule has 0 aliphatic carbocycles. The minimum absolute atomic E-state index is 0.0346. The third-order valence-electron chi connectivity index (χ3n) is 1.66. The summed E-state index contributed by atoms with van der Waals surface area (Å²) >= 11 is 0. The van der Waals surface area contributed by atoms with E-state index in [0.29, 0.717) is 0 Å². The predicted octanol–water partition coefficient (Wildman–Crippen LogP) is -1.75. The molecule has 0 spiro atoms. The Morgan fingerprint density at radius 2 is 2.07 bits per heavy atom. The monoisotopic (exact) mass is 204 g/mol. The summed E-state index contributed by atoms with van der Waals surface area (Å²) in [5.41, 5.74) is -1.61. The summed E-state index contributed by atoms with van der Waals surface area (Å²) in [6.45, 7) is 1.33. The average molecular weight is 204 g/mol. The summed E-state index contributed by atoms with van der Waals surface area (Å²) in [7, 11) is 2.69. The van der Waals surface area contributed by atoms with Crippen LogP contribution in [0.15, 0.2) is 0 Å². The Bertz CT molecular complexity index is 215. The summed E-state index contributed by atoms with van der Waals surface area (Å²) in [5.74, 6) is -0.951. The van der Waals surface area contributed by atoms with Crippen molar-refractivity contribution in [2.24, 2.45) is 0 Å². The van der Waals surface area contributed by atoms with E-state index in [0.717, 1.165) is 0 Å². The summed E-state index contributed by atoms with van der Waals surface area (Å²) in [6, 6.07) is 0. The van der Waals surface area contributed by atoms with E-state index >= 15 is 0 Å². The standard InChI is InChI=1S/C8H16N2O4/c1-8(13,7(12)14-3)5-10-4-6(11)9-2/h10,13H,4-5H2,1-3H3,(H,9,11). The van der Waals surface area contributed by atoms with Crippen molar-refractivity contribution in [3.8, 4) is 0 Å². The van der Waals surface area contributed by atoms with Crippen LogP contribution in [0.25, 0.3) is 0 Å².